The molecule has 0 unspecified atom stereocenters. The monoisotopic (exact) mass is 292 g/mol. The van der Waals surface area contributed by atoms with Gasteiger partial charge in [-0.05, 0) is 38.1 Å². The molecule has 3 N–H and O–H groups in total. The zero-order valence-electron chi connectivity index (χ0n) is 10.4. The Bertz CT molecular complexity index is 563. The van der Waals surface area contributed by atoms with Crippen LogP contribution in [0.1, 0.15) is 13.8 Å². The first-order valence-corrected chi connectivity index (χ1v) is 6.82. The quantitative estimate of drug-likeness (QED) is 0.877. The summed E-state index contributed by atoms with van der Waals surface area (Å²) >= 11 is 0. The Morgan fingerprint density at radius 2 is 1.74 bits per heavy atom. The number of hydrogen-bond donors (Lipinski definition) is 2. The fourth-order valence-electron chi connectivity index (χ4n) is 1.12. The first kappa shape index (κ1) is 15.5. The Morgan fingerprint density at radius 1 is 1.26 bits per heavy atom. The van der Waals surface area contributed by atoms with E-state index in [0.717, 1.165) is 12.1 Å². The van der Waals surface area contributed by atoms with Gasteiger partial charge in [-0.3, -0.25) is 4.79 Å². The van der Waals surface area contributed by atoms with E-state index in [1.165, 1.54) is 26.0 Å². The number of nitrogens with two attached hydrogens (primary N) is 1. The normalized spacial score (nSPS) is 12.5. The van der Waals surface area contributed by atoms with Crippen molar-refractivity contribution < 1.29 is 22.0 Å². The van der Waals surface area contributed by atoms with E-state index in [-0.39, 0.29) is 5.69 Å². The van der Waals surface area contributed by atoms with Crippen LogP contribution in [0, 0.1) is 0 Å². The zero-order chi connectivity index (χ0) is 14.8. The second-order valence-corrected chi connectivity index (χ2v) is 6.42. The smallest absolute Gasteiger partial charge is 0.325 e. The average Bonchev–Trinajstić information content (AvgIpc) is 2.28. The van der Waals surface area contributed by atoms with Crippen molar-refractivity contribution in [2.45, 2.75) is 30.0 Å². The molecule has 19 heavy (non-hydrogen) atoms. The highest BCUT2D eigenvalue weighted by Crippen LogP contribution is 2.20. The summed E-state index contributed by atoms with van der Waals surface area (Å²) in [6.07, 6.45) is 0. The molecule has 0 spiro atoms. The Labute approximate surface area is 109 Å². The summed E-state index contributed by atoms with van der Waals surface area (Å²) in [5, 5.41) is 2.44. The number of anilines is 1. The van der Waals surface area contributed by atoms with E-state index in [2.05, 4.69) is 5.32 Å². The maximum Gasteiger partial charge on any atom is 0.341 e. The molecule has 0 atom stereocenters. The van der Waals surface area contributed by atoms with E-state index in [1.54, 1.807) is 0 Å². The maximum absolute atomic E-state index is 12.3. The van der Waals surface area contributed by atoms with Gasteiger partial charge in [0.05, 0.1) is 10.4 Å². The lowest BCUT2D eigenvalue weighted by molar-refractivity contribution is -0.120. The number of benzene rings is 1. The number of nitrogens with one attached hydrogen (secondary N) is 1. The second kappa shape index (κ2) is 5.22. The molecule has 1 aromatic rings. The number of alkyl halides is 2. The molecule has 0 aromatic heterocycles. The summed E-state index contributed by atoms with van der Waals surface area (Å²) in [6, 6.07) is 4.44. The molecule has 0 aliphatic heterocycles. The van der Waals surface area contributed by atoms with E-state index in [0.29, 0.717) is 0 Å². The molecule has 0 fully saturated rings. The van der Waals surface area contributed by atoms with Crippen molar-refractivity contribution in [2.24, 2.45) is 5.73 Å². The number of hydrogen-bond acceptors (Lipinski definition) is 4. The van der Waals surface area contributed by atoms with Gasteiger partial charge in [0.2, 0.25) is 15.7 Å². The minimum atomic E-state index is -4.62. The number of sulfone groups is 1. The molecule has 1 amide bonds. The number of halogens is 2. The van der Waals surface area contributed by atoms with Crippen molar-refractivity contribution in [1.82, 2.24) is 0 Å². The molecule has 0 aliphatic carbocycles. The summed E-state index contributed by atoms with van der Waals surface area (Å²) in [5.74, 6) is -3.95. The molecule has 0 saturated carbocycles. The maximum atomic E-state index is 12.3. The zero-order valence-corrected chi connectivity index (χ0v) is 11.2. The van der Waals surface area contributed by atoms with Crippen molar-refractivity contribution in [1.29, 1.82) is 0 Å². The predicted molar refractivity (Wildman–Crippen MR) is 66.5 cm³/mol. The van der Waals surface area contributed by atoms with Crippen LogP contribution in [-0.4, -0.2) is 25.6 Å². The van der Waals surface area contributed by atoms with Gasteiger partial charge >= 0.3 is 5.76 Å². The van der Waals surface area contributed by atoms with Crippen LogP contribution in [0.5, 0.6) is 0 Å². The summed E-state index contributed by atoms with van der Waals surface area (Å²) < 4.78 is 46.9. The van der Waals surface area contributed by atoms with Gasteiger partial charge in [-0.2, -0.15) is 8.78 Å². The van der Waals surface area contributed by atoms with Crippen molar-refractivity contribution in [3.8, 4) is 0 Å². The van der Waals surface area contributed by atoms with Gasteiger partial charge in [0.1, 0.15) is 0 Å². The molecule has 1 aromatic carbocycles. The van der Waals surface area contributed by atoms with Crippen LogP contribution in [0.4, 0.5) is 14.5 Å². The highest BCUT2D eigenvalue weighted by atomic mass is 32.2. The molecule has 0 radical (unpaired) electrons. The third-order valence-corrected chi connectivity index (χ3v) is 3.66. The van der Waals surface area contributed by atoms with E-state index in [9.17, 15) is 22.0 Å². The Kier molecular flexibility index (Phi) is 4.26. The lowest BCUT2D eigenvalue weighted by Crippen LogP contribution is -2.45. The molecule has 5 nitrogen and oxygen atoms in total. The fourth-order valence-corrected chi connectivity index (χ4v) is 1.84. The Balaban J connectivity index is 2.93. The molecular formula is C11H14F2N2O3S. The predicted octanol–water partition coefficient (Wildman–Crippen LogP) is 1.36. The Morgan fingerprint density at radius 3 is 2.11 bits per heavy atom. The van der Waals surface area contributed by atoms with E-state index in [1.807, 2.05) is 0 Å². The highest BCUT2D eigenvalue weighted by molar-refractivity contribution is 7.91. The molecule has 1 rings (SSSR count). The highest BCUT2D eigenvalue weighted by Gasteiger charge is 2.26. The largest absolute Gasteiger partial charge is 0.341 e. The SMILES string of the molecule is CC(C)(N)C(=O)Nc1ccc(S(=O)(=O)C(F)F)cc1. The lowest BCUT2D eigenvalue weighted by atomic mass is 10.1. The third kappa shape index (κ3) is 3.71. The van der Waals surface area contributed by atoms with Gasteiger partial charge in [0.25, 0.3) is 0 Å². The van der Waals surface area contributed by atoms with Crippen LogP contribution in [0.2, 0.25) is 0 Å². The molecule has 0 bridgehead atoms. The number of amides is 1. The van der Waals surface area contributed by atoms with Crippen LogP contribution in [0.3, 0.4) is 0 Å². The van der Waals surface area contributed by atoms with Crippen LogP contribution < -0.4 is 11.1 Å². The number of carbonyl (C=O) groups is 1. The molecule has 0 heterocycles. The minimum absolute atomic E-state index is 0.275. The van der Waals surface area contributed by atoms with Crippen molar-refractivity contribution >= 4 is 21.4 Å². The fraction of sp³-hybridized carbons (Fsp3) is 0.364. The van der Waals surface area contributed by atoms with E-state index in [4.69, 9.17) is 5.73 Å². The first-order chi connectivity index (χ1) is 8.55. The topological polar surface area (TPSA) is 89.3 Å². The summed E-state index contributed by atoms with van der Waals surface area (Å²) in [5.41, 5.74) is 4.73. The van der Waals surface area contributed by atoms with Gasteiger partial charge in [-0.1, -0.05) is 0 Å². The molecule has 0 saturated heterocycles. The number of carbonyl (C=O) groups excluding carboxylic acids is 1. The molecule has 0 aliphatic rings. The average molecular weight is 292 g/mol. The summed E-state index contributed by atoms with van der Waals surface area (Å²) in [7, 11) is -4.62. The van der Waals surface area contributed by atoms with Crippen LogP contribution >= 0.6 is 0 Å². The van der Waals surface area contributed by atoms with E-state index >= 15 is 0 Å². The lowest BCUT2D eigenvalue weighted by Gasteiger charge is -2.17. The third-order valence-electron chi connectivity index (χ3n) is 2.26. The van der Waals surface area contributed by atoms with E-state index < -0.39 is 31.9 Å². The van der Waals surface area contributed by atoms with Crippen LogP contribution in [0.25, 0.3) is 0 Å². The molecule has 8 heteroatoms. The van der Waals surface area contributed by atoms with Gasteiger partial charge < -0.3 is 11.1 Å². The molecule has 106 valence electrons. The minimum Gasteiger partial charge on any atom is -0.325 e. The standard InChI is InChI=1S/C11H14F2N2O3S/c1-11(2,14)9(16)15-7-3-5-8(6-4-7)19(17,18)10(12)13/h3-6,10H,14H2,1-2H3,(H,15,16). The van der Waals surface area contributed by atoms with Gasteiger partial charge in [0.15, 0.2) is 0 Å². The van der Waals surface area contributed by atoms with Gasteiger partial charge in [-0.15, -0.1) is 0 Å². The number of rotatable bonds is 4. The van der Waals surface area contributed by atoms with Crippen molar-refractivity contribution in [2.75, 3.05) is 5.32 Å². The second-order valence-electron chi connectivity index (χ2n) is 4.51. The summed E-state index contributed by atoms with van der Waals surface area (Å²) in [4.78, 5) is 11.0. The molecular weight excluding hydrogens is 278 g/mol. The summed E-state index contributed by atoms with van der Waals surface area (Å²) in [6.45, 7) is 3.00. The van der Waals surface area contributed by atoms with Crippen molar-refractivity contribution in [3.63, 3.8) is 0 Å². The van der Waals surface area contributed by atoms with Crippen LogP contribution in [0.15, 0.2) is 29.2 Å². The van der Waals surface area contributed by atoms with Crippen molar-refractivity contribution in [3.05, 3.63) is 24.3 Å². The Hall–Kier alpha value is -1.54. The van der Waals surface area contributed by atoms with Gasteiger partial charge in [0, 0.05) is 5.69 Å². The van der Waals surface area contributed by atoms with Gasteiger partial charge in [-0.25, -0.2) is 8.42 Å². The first-order valence-electron chi connectivity index (χ1n) is 5.27. The van der Waals surface area contributed by atoms with Crippen LogP contribution in [-0.2, 0) is 14.6 Å².